The van der Waals surface area contributed by atoms with Gasteiger partial charge in [0.05, 0.1) is 25.3 Å². The molecule has 0 bridgehead atoms. The third-order valence-electron chi connectivity index (χ3n) is 6.63. The van der Waals surface area contributed by atoms with Crippen molar-refractivity contribution in [2.45, 2.75) is 51.7 Å². The Kier molecular flexibility index (Phi) is 5.79. The third kappa shape index (κ3) is 4.45. The Morgan fingerprint density at radius 3 is 2.73 bits per heavy atom. The van der Waals surface area contributed by atoms with Gasteiger partial charge in [-0.1, -0.05) is 24.3 Å². The number of benzene rings is 2. The number of aromatic nitrogens is 1. The summed E-state index contributed by atoms with van der Waals surface area (Å²) in [5, 5.41) is 0. The minimum Gasteiger partial charge on any atom is -0.497 e. The first-order valence-corrected chi connectivity index (χ1v) is 11.7. The van der Waals surface area contributed by atoms with Crippen LogP contribution in [0, 0.1) is 6.92 Å². The lowest BCUT2D eigenvalue weighted by atomic mass is 10.0. The molecule has 5 nitrogen and oxygen atoms in total. The zero-order chi connectivity index (χ0) is 22.9. The number of aryl methyl sites for hydroxylation is 1. The van der Waals surface area contributed by atoms with Gasteiger partial charge < -0.3 is 14.4 Å². The minimum absolute atomic E-state index is 0.0205. The monoisotopic (exact) mass is 442 g/mol. The summed E-state index contributed by atoms with van der Waals surface area (Å²) in [5.41, 5.74) is 6.43. The molecule has 0 aliphatic carbocycles. The number of likely N-dealkylation sites (tertiary alicyclic amines) is 1. The molecule has 5 rings (SSSR count). The van der Waals surface area contributed by atoms with Crippen molar-refractivity contribution in [3.8, 4) is 22.6 Å². The standard InChI is InChI=1S/C28H30N2O3/c1-18-13-22(21-7-9-24(32-3)10-8-21)17-25(29-18)26-5-4-12-30(26)28(31)16-20-6-11-27-23(15-20)14-19(2)33-27/h6-11,13,15,17,19,26H,4-5,12,14,16H2,1-3H3. The van der Waals surface area contributed by atoms with E-state index >= 15 is 0 Å². The lowest BCUT2D eigenvalue weighted by molar-refractivity contribution is -0.131. The fourth-order valence-electron chi connectivity index (χ4n) is 5.05. The van der Waals surface area contributed by atoms with Gasteiger partial charge >= 0.3 is 0 Å². The molecule has 0 N–H and O–H groups in total. The van der Waals surface area contributed by atoms with Crippen molar-refractivity contribution in [3.63, 3.8) is 0 Å². The second kappa shape index (κ2) is 8.89. The van der Waals surface area contributed by atoms with E-state index in [1.54, 1.807) is 7.11 Å². The van der Waals surface area contributed by atoms with Crippen LogP contribution in [0.5, 0.6) is 11.5 Å². The maximum Gasteiger partial charge on any atom is 0.227 e. The molecule has 1 amide bonds. The molecule has 5 heteroatoms. The highest BCUT2D eigenvalue weighted by Gasteiger charge is 2.31. The van der Waals surface area contributed by atoms with Crippen molar-refractivity contribution >= 4 is 5.91 Å². The molecule has 0 spiro atoms. The van der Waals surface area contributed by atoms with E-state index in [0.29, 0.717) is 6.42 Å². The first-order valence-electron chi connectivity index (χ1n) is 11.7. The Bertz CT molecular complexity index is 1170. The normalized spacial score (nSPS) is 19.3. The molecule has 2 atom stereocenters. The lowest BCUT2D eigenvalue weighted by Gasteiger charge is -2.25. The Balaban J connectivity index is 1.36. The summed E-state index contributed by atoms with van der Waals surface area (Å²) < 4.78 is 11.1. The van der Waals surface area contributed by atoms with Crippen molar-refractivity contribution in [1.82, 2.24) is 9.88 Å². The molecule has 2 aliphatic rings. The van der Waals surface area contributed by atoms with Crippen LogP contribution in [-0.4, -0.2) is 35.5 Å². The summed E-state index contributed by atoms with van der Waals surface area (Å²) in [6.07, 6.45) is 3.47. The van der Waals surface area contributed by atoms with E-state index in [-0.39, 0.29) is 18.1 Å². The summed E-state index contributed by atoms with van der Waals surface area (Å²) >= 11 is 0. The molecular weight excluding hydrogens is 412 g/mol. The van der Waals surface area contributed by atoms with Gasteiger partial charge in [0.1, 0.15) is 17.6 Å². The predicted molar refractivity (Wildman–Crippen MR) is 129 cm³/mol. The van der Waals surface area contributed by atoms with Crippen LogP contribution in [0.15, 0.2) is 54.6 Å². The number of hydrogen-bond acceptors (Lipinski definition) is 4. The fourth-order valence-corrected chi connectivity index (χ4v) is 5.05. The van der Waals surface area contributed by atoms with Gasteiger partial charge in [-0.05, 0) is 79.3 Å². The second-order valence-corrected chi connectivity index (χ2v) is 9.15. The van der Waals surface area contributed by atoms with E-state index in [4.69, 9.17) is 14.5 Å². The maximum absolute atomic E-state index is 13.3. The first kappa shape index (κ1) is 21.5. The van der Waals surface area contributed by atoms with Crippen molar-refractivity contribution in [2.75, 3.05) is 13.7 Å². The Labute approximate surface area is 195 Å². The van der Waals surface area contributed by atoms with Crippen LogP contribution >= 0.6 is 0 Å². The highest BCUT2D eigenvalue weighted by atomic mass is 16.5. The zero-order valence-electron chi connectivity index (χ0n) is 19.5. The van der Waals surface area contributed by atoms with Gasteiger partial charge in [-0.25, -0.2) is 0 Å². The molecule has 2 unspecified atom stereocenters. The molecule has 0 radical (unpaired) electrons. The van der Waals surface area contributed by atoms with Gasteiger partial charge in [0.25, 0.3) is 0 Å². The van der Waals surface area contributed by atoms with Crippen molar-refractivity contribution in [3.05, 3.63) is 77.1 Å². The number of carbonyl (C=O) groups excluding carboxylic acids is 1. The van der Waals surface area contributed by atoms with Crippen LogP contribution in [-0.2, 0) is 17.6 Å². The van der Waals surface area contributed by atoms with E-state index in [0.717, 1.165) is 65.4 Å². The number of nitrogens with zero attached hydrogens (tertiary/aromatic N) is 2. The number of pyridine rings is 1. The minimum atomic E-state index is 0.0205. The maximum atomic E-state index is 13.3. The van der Waals surface area contributed by atoms with Crippen molar-refractivity contribution < 1.29 is 14.3 Å². The van der Waals surface area contributed by atoms with Gasteiger partial charge in [0, 0.05) is 18.7 Å². The number of hydrogen-bond donors (Lipinski definition) is 0. The fraction of sp³-hybridized carbons (Fsp3) is 0.357. The van der Waals surface area contributed by atoms with Crippen LogP contribution in [0.25, 0.3) is 11.1 Å². The Morgan fingerprint density at radius 1 is 1.12 bits per heavy atom. The van der Waals surface area contributed by atoms with E-state index in [9.17, 15) is 4.79 Å². The third-order valence-corrected chi connectivity index (χ3v) is 6.63. The quantitative estimate of drug-likeness (QED) is 0.538. The van der Waals surface area contributed by atoms with Gasteiger partial charge in [-0.3, -0.25) is 9.78 Å². The molecule has 1 aromatic heterocycles. The number of methoxy groups -OCH3 is 1. The first-order chi connectivity index (χ1) is 16.0. The molecular formula is C28H30N2O3. The van der Waals surface area contributed by atoms with Crippen LogP contribution in [0.3, 0.4) is 0 Å². The molecule has 1 saturated heterocycles. The summed E-state index contributed by atoms with van der Waals surface area (Å²) in [6.45, 7) is 4.88. The molecule has 3 heterocycles. The van der Waals surface area contributed by atoms with Crippen molar-refractivity contribution in [1.29, 1.82) is 0 Å². The number of ether oxygens (including phenoxy) is 2. The van der Waals surface area contributed by atoms with Gasteiger partial charge in [0.2, 0.25) is 5.91 Å². The molecule has 2 aliphatic heterocycles. The van der Waals surface area contributed by atoms with E-state index < -0.39 is 0 Å². The average Bonchev–Trinajstić information content (AvgIpc) is 3.44. The number of amides is 1. The molecule has 33 heavy (non-hydrogen) atoms. The predicted octanol–water partition coefficient (Wildman–Crippen LogP) is 5.30. The Hall–Kier alpha value is -3.34. The second-order valence-electron chi connectivity index (χ2n) is 9.15. The van der Waals surface area contributed by atoms with E-state index in [1.165, 1.54) is 5.56 Å². The lowest BCUT2D eigenvalue weighted by Crippen LogP contribution is -2.32. The van der Waals surface area contributed by atoms with Crippen LogP contribution in [0.2, 0.25) is 0 Å². The smallest absolute Gasteiger partial charge is 0.227 e. The van der Waals surface area contributed by atoms with Crippen LogP contribution in [0.4, 0.5) is 0 Å². The molecule has 3 aromatic rings. The number of fused-ring (bicyclic) bond motifs is 1. The topological polar surface area (TPSA) is 51.7 Å². The van der Waals surface area contributed by atoms with E-state index in [1.807, 2.05) is 36.1 Å². The molecule has 170 valence electrons. The molecule has 2 aromatic carbocycles. The van der Waals surface area contributed by atoms with Crippen LogP contribution < -0.4 is 9.47 Å². The highest BCUT2D eigenvalue weighted by Crippen LogP contribution is 2.35. The summed E-state index contributed by atoms with van der Waals surface area (Å²) in [4.78, 5) is 20.2. The van der Waals surface area contributed by atoms with Crippen molar-refractivity contribution in [2.24, 2.45) is 0 Å². The highest BCUT2D eigenvalue weighted by molar-refractivity contribution is 5.80. The van der Waals surface area contributed by atoms with Crippen LogP contribution in [0.1, 0.15) is 48.3 Å². The molecule has 1 fully saturated rings. The Morgan fingerprint density at radius 2 is 1.94 bits per heavy atom. The van der Waals surface area contributed by atoms with Gasteiger partial charge in [-0.2, -0.15) is 0 Å². The summed E-state index contributed by atoms with van der Waals surface area (Å²) in [6, 6.07) is 18.5. The SMILES string of the molecule is COc1ccc(-c2cc(C)nc(C3CCCN3C(=O)Cc3ccc4c(c3)CC(C)O4)c2)cc1. The zero-order valence-corrected chi connectivity index (χ0v) is 19.5. The number of rotatable bonds is 5. The largest absolute Gasteiger partial charge is 0.497 e. The van der Waals surface area contributed by atoms with E-state index in [2.05, 4.69) is 37.3 Å². The summed E-state index contributed by atoms with van der Waals surface area (Å²) in [7, 11) is 1.67. The van der Waals surface area contributed by atoms with Gasteiger partial charge in [0.15, 0.2) is 0 Å². The average molecular weight is 443 g/mol. The van der Waals surface area contributed by atoms with Gasteiger partial charge in [-0.15, -0.1) is 0 Å². The summed E-state index contributed by atoms with van der Waals surface area (Å²) in [5.74, 6) is 1.95. The number of carbonyl (C=O) groups is 1. The molecule has 0 saturated carbocycles.